The maximum Gasteiger partial charge on any atom is 0.349 e. The Morgan fingerprint density at radius 3 is 2.03 bits per heavy atom. The Bertz CT molecular complexity index is 927. The second-order valence-corrected chi connectivity index (χ2v) is 8.03. The summed E-state index contributed by atoms with van der Waals surface area (Å²) in [5.74, 6) is -9.62. The highest BCUT2D eigenvalue weighted by atomic mass is 19.2. The number of ether oxygens (including phenoxy) is 3. The highest BCUT2D eigenvalue weighted by molar-refractivity contribution is 5.91. The van der Waals surface area contributed by atoms with E-state index in [0.717, 1.165) is 57.3 Å². The minimum atomic E-state index is -1.76. The molecule has 1 fully saturated rings. The standard InChI is InChI=1S/C24H25F5O4/c1-2-3-8-31-15-6-4-14(5-7-15)13-32-16-9-18(25)22(19(26)10-16)24(30)33-17-11-20(27)23(29)21(28)12-17/h9-12,14-15H,2-8,13H2,1H3/t14-,15-. The van der Waals surface area contributed by atoms with Gasteiger partial charge in [0.05, 0.1) is 12.7 Å². The first-order valence-corrected chi connectivity index (χ1v) is 10.9. The van der Waals surface area contributed by atoms with Crippen LogP contribution in [-0.4, -0.2) is 25.3 Å². The fourth-order valence-electron chi connectivity index (χ4n) is 3.65. The molecule has 0 atom stereocenters. The first-order valence-electron chi connectivity index (χ1n) is 10.9. The van der Waals surface area contributed by atoms with Gasteiger partial charge in [-0.25, -0.2) is 26.7 Å². The number of halogens is 5. The summed E-state index contributed by atoms with van der Waals surface area (Å²) in [6, 6.07) is 2.47. The van der Waals surface area contributed by atoms with Crippen LogP contribution in [0.2, 0.25) is 0 Å². The zero-order valence-electron chi connectivity index (χ0n) is 18.1. The van der Waals surface area contributed by atoms with Crippen molar-refractivity contribution in [1.29, 1.82) is 0 Å². The van der Waals surface area contributed by atoms with Gasteiger partial charge in [0.25, 0.3) is 0 Å². The average molecular weight is 472 g/mol. The number of carbonyl (C=O) groups excluding carboxylic acids is 1. The lowest BCUT2D eigenvalue weighted by atomic mass is 9.88. The van der Waals surface area contributed by atoms with Gasteiger partial charge in [0, 0.05) is 30.9 Å². The molecular formula is C24H25F5O4. The van der Waals surface area contributed by atoms with E-state index < -0.39 is 46.4 Å². The van der Waals surface area contributed by atoms with Gasteiger partial charge in [0.1, 0.15) is 28.7 Å². The Morgan fingerprint density at radius 2 is 1.45 bits per heavy atom. The Kier molecular flexibility index (Phi) is 8.66. The Labute approximate surface area is 188 Å². The topological polar surface area (TPSA) is 44.8 Å². The van der Waals surface area contributed by atoms with Gasteiger partial charge in [0.2, 0.25) is 0 Å². The predicted octanol–water partition coefficient (Wildman–Crippen LogP) is 6.36. The summed E-state index contributed by atoms with van der Waals surface area (Å²) in [4.78, 5) is 12.1. The monoisotopic (exact) mass is 472 g/mol. The second-order valence-electron chi connectivity index (χ2n) is 8.03. The molecule has 2 aromatic carbocycles. The van der Waals surface area contributed by atoms with Crippen LogP contribution in [-0.2, 0) is 4.74 Å². The SMILES string of the molecule is CCCCO[C@H]1CC[C@H](COc2cc(F)c(C(=O)Oc3cc(F)c(F)c(F)c3)c(F)c2)CC1. The quantitative estimate of drug-likeness (QED) is 0.140. The maximum absolute atomic E-state index is 14.4. The van der Waals surface area contributed by atoms with Gasteiger partial charge in [-0.15, -0.1) is 0 Å². The van der Waals surface area contributed by atoms with E-state index in [1.54, 1.807) is 0 Å². The molecule has 4 nitrogen and oxygen atoms in total. The van der Waals surface area contributed by atoms with Gasteiger partial charge in [-0.05, 0) is 38.0 Å². The normalized spacial score (nSPS) is 18.2. The van der Waals surface area contributed by atoms with Crippen LogP contribution < -0.4 is 9.47 Å². The molecule has 0 N–H and O–H groups in total. The molecular weight excluding hydrogens is 447 g/mol. The largest absolute Gasteiger partial charge is 0.493 e. The predicted molar refractivity (Wildman–Crippen MR) is 110 cm³/mol. The molecule has 0 amide bonds. The molecule has 9 heteroatoms. The third-order valence-electron chi connectivity index (χ3n) is 5.52. The molecule has 0 unspecified atom stereocenters. The fourth-order valence-corrected chi connectivity index (χ4v) is 3.65. The minimum absolute atomic E-state index is 0.0956. The van der Waals surface area contributed by atoms with E-state index in [1.165, 1.54) is 0 Å². The zero-order chi connectivity index (χ0) is 24.0. The van der Waals surface area contributed by atoms with Gasteiger partial charge in [-0.2, -0.15) is 0 Å². The van der Waals surface area contributed by atoms with Crippen LogP contribution in [0.4, 0.5) is 22.0 Å². The maximum atomic E-state index is 14.4. The van der Waals surface area contributed by atoms with Gasteiger partial charge in [0.15, 0.2) is 17.5 Å². The highest BCUT2D eigenvalue weighted by Gasteiger charge is 2.25. The third-order valence-corrected chi connectivity index (χ3v) is 5.52. The van der Waals surface area contributed by atoms with Crippen molar-refractivity contribution in [2.24, 2.45) is 5.92 Å². The first-order chi connectivity index (χ1) is 15.8. The molecule has 2 aromatic rings. The molecule has 0 saturated heterocycles. The van der Waals surface area contributed by atoms with Gasteiger partial charge < -0.3 is 14.2 Å². The molecule has 0 bridgehead atoms. The van der Waals surface area contributed by atoms with Crippen molar-refractivity contribution < 1.29 is 41.0 Å². The summed E-state index contributed by atoms with van der Waals surface area (Å²) < 4.78 is 84.3. The molecule has 180 valence electrons. The van der Waals surface area contributed by atoms with E-state index in [-0.39, 0.29) is 24.4 Å². The average Bonchev–Trinajstić information content (AvgIpc) is 2.76. The van der Waals surface area contributed by atoms with Gasteiger partial charge >= 0.3 is 5.97 Å². The summed E-state index contributed by atoms with van der Waals surface area (Å²) in [6.45, 7) is 3.12. The Balaban J connectivity index is 1.56. The van der Waals surface area contributed by atoms with Crippen LogP contribution in [0, 0.1) is 35.0 Å². The summed E-state index contributed by atoms with van der Waals surface area (Å²) in [5.41, 5.74) is -1.06. The molecule has 0 aromatic heterocycles. The number of rotatable bonds is 9. The van der Waals surface area contributed by atoms with Gasteiger partial charge in [-0.3, -0.25) is 0 Å². The minimum Gasteiger partial charge on any atom is -0.493 e. The van der Waals surface area contributed by atoms with Crippen LogP contribution in [0.3, 0.4) is 0 Å². The van der Waals surface area contributed by atoms with Crippen molar-refractivity contribution in [3.63, 3.8) is 0 Å². The summed E-state index contributed by atoms with van der Waals surface area (Å²) >= 11 is 0. The molecule has 1 saturated carbocycles. The van der Waals surface area contributed by atoms with Crippen molar-refractivity contribution in [3.05, 3.63) is 58.9 Å². The first kappa shape index (κ1) is 25.0. The van der Waals surface area contributed by atoms with Crippen LogP contribution in [0.25, 0.3) is 0 Å². The number of unbranched alkanes of at least 4 members (excludes halogenated alkanes) is 1. The lowest BCUT2D eigenvalue weighted by molar-refractivity contribution is 0.0116. The third kappa shape index (κ3) is 6.66. The number of hydrogen-bond donors (Lipinski definition) is 0. The van der Waals surface area contributed by atoms with E-state index in [4.69, 9.17) is 9.47 Å². The summed E-state index contributed by atoms with van der Waals surface area (Å²) in [7, 11) is 0. The number of esters is 1. The van der Waals surface area contributed by atoms with E-state index in [1.807, 2.05) is 0 Å². The number of benzene rings is 2. The van der Waals surface area contributed by atoms with Crippen LogP contribution in [0.15, 0.2) is 24.3 Å². The molecule has 0 spiro atoms. The van der Waals surface area contributed by atoms with Crippen LogP contribution in [0.5, 0.6) is 11.5 Å². The van der Waals surface area contributed by atoms with Crippen molar-refractivity contribution in [2.75, 3.05) is 13.2 Å². The van der Waals surface area contributed by atoms with E-state index in [0.29, 0.717) is 12.1 Å². The lowest BCUT2D eigenvalue weighted by Gasteiger charge is -2.28. The van der Waals surface area contributed by atoms with E-state index in [2.05, 4.69) is 11.7 Å². The Morgan fingerprint density at radius 1 is 0.879 bits per heavy atom. The zero-order valence-corrected chi connectivity index (χ0v) is 18.1. The molecule has 0 radical (unpaired) electrons. The molecule has 0 heterocycles. The summed E-state index contributed by atoms with van der Waals surface area (Å²) in [5, 5.41) is 0. The molecule has 1 aliphatic rings. The second kappa shape index (κ2) is 11.4. The lowest BCUT2D eigenvalue weighted by Crippen LogP contribution is -2.25. The smallest absolute Gasteiger partial charge is 0.349 e. The van der Waals surface area contributed by atoms with Crippen LogP contribution >= 0.6 is 0 Å². The van der Waals surface area contributed by atoms with Crippen molar-refractivity contribution in [3.8, 4) is 11.5 Å². The fraction of sp³-hybridized carbons (Fsp3) is 0.458. The van der Waals surface area contributed by atoms with Crippen molar-refractivity contribution >= 4 is 5.97 Å². The molecule has 3 rings (SSSR count). The van der Waals surface area contributed by atoms with E-state index >= 15 is 0 Å². The Hall–Kier alpha value is -2.68. The number of carbonyl (C=O) groups is 1. The van der Waals surface area contributed by atoms with Gasteiger partial charge in [-0.1, -0.05) is 13.3 Å². The van der Waals surface area contributed by atoms with Crippen molar-refractivity contribution in [1.82, 2.24) is 0 Å². The highest BCUT2D eigenvalue weighted by Crippen LogP contribution is 2.29. The van der Waals surface area contributed by atoms with E-state index in [9.17, 15) is 26.7 Å². The number of hydrogen-bond acceptors (Lipinski definition) is 4. The summed E-state index contributed by atoms with van der Waals surface area (Å²) in [6.07, 6.45) is 5.88. The van der Waals surface area contributed by atoms with Crippen LogP contribution in [0.1, 0.15) is 55.8 Å². The molecule has 0 aliphatic heterocycles. The molecule has 33 heavy (non-hydrogen) atoms. The molecule has 1 aliphatic carbocycles. The van der Waals surface area contributed by atoms with Crippen molar-refractivity contribution in [2.45, 2.75) is 51.6 Å².